The lowest BCUT2D eigenvalue weighted by Gasteiger charge is -1.84. The molecule has 0 radical (unpaired) electrons. The topological polar surface area (TPSA) is 24.1 Å². The molecule has 34 valence electrons. The van der Waals surface area contributed by atoms with Crippen molar-refractivity contribution >= 4 is 28.3 Å². The third kappa shape index (κ3) is 0.830. The summed E-state index contributed by atoms with van der Waals surface area (Å²) in [4.78, 5) is 0. The van der Waals surface area contributed by atoms with Gasteiger partial charge in [0.1, 0.15) is 4.32 Å². The van der Waals surface area contributed by atoms with Gasteiger partial charge in [-0.2, -0.15) is 0 Å². The Morgan fingerprint density at radius 2 is 2.67 bits per heavy atom. The quantitative estimate of drug-likeness (QED) is 0.442. The zero-order valence-corrected chi connectivity index (χ0v) is 4.66. The van der Waals surface area contributed by atoms with Crippen LogP contribution in [0.4, 0.5) is 0 Å². The molecule has 0 aromatic heterocycles. The number of hydrogen-bond acceptors (Lipinski definition) is 3. The van der Waals surface area contributed by atoms with Crippen LogP contribution in [0.5, 0.6) is 0 Å². The van der Waals surface area contributed by atoms with E-state index in [0.29, 0.717) is 0 Å². The Morgan fingerprint density at radius 1 is 1.83 bits per heavy atom. The van der Waals surface area contributed by atoms with E-state index in [1.54, 1.807) is 11.8 Å². The molecule has 6 heavy (non-hydrogen) atoms. The van der Waals surface area contributed by atoms with Gasteiger partial charge in [0.05, 0.1) is 5.88 Å². The molecule has 0 unspecified atom stereocenters. The summed E-state index contributed by atoms with van der Waals surface area (Å²) in [6, 6.07) is 0. The lowest BCUT2D eigenvalue weighted by molar-refractivity contribution is 0.782. The Kier molecular flexibility index (Phi) is 1.29. The van der Waals surface area contributed by atoms with Gasteiger partial charge in [-0.1, -0.05) is 24.0 Å². The third-order valence-electron chi connectivity index (χ3n) is 0.466. The van der Waals surface area contributed by atoms with Crippen molar-refractivity contribution in [3.8, 4) is 0 Å². The second-order valence-corrected chi connectivity index (χ2v) is 2.53. The van der Waals surface area contributed by atoms with E-state index in [4.69, 9.17) is 12.2 Å². The minimum Gasteiger partial charge on any atom is -0.306 e. The monoisotopic (exact) mass is 120 g/mol. The Balaban J connectivity index is 2.37. The fourth-order valence-corrected chi connectivity index (χ4v) is 0.915. The summed E-state index contributed by atoms with van der Waals surface area (Å²) in [7, 11) is 0. The average molecular weight is 120 g/mol. The molecule has 0 saturated carbocycles. The first kappa shape index (κ1) is 4.36. The maximum Gasteiger partial charge on any atom is 0.149 e. The van der Waals surface area contributed by atoms with Gasteiger partial charge in [-0.05, 0) is 0 Å². The molecule has 0 aliphatic carbocycles. The molecular weight excluding hydrogens is 116 g/mol. The van der Waals surface area contributed by atoms with Crippen LogP contribution in [0.1, 0.15) is 0 Å². The number of thiocarbonyl (C=S) groups is 1. The lowest BCUT2D eigenvalue weighted by Crippen LogP contribution is -2.24. The van der Waals surface area contributed by atoms with Crippen LogP contribution in [0.15, 0.2) is 0 Å². The molecule has 1 heterocycles. The van der Waals surface area contributed by atoms with Gasteiger partial charge in [0, 0.05) is 0 Å². The van der Waals surface area contributed by atoms with Crippen LogP contribution in [0.3, 0.4) is 0 Å². The fraction of sp³-hybridized carbons (Fsp3) is 0.500. The summed E-state index contributed by atoms with van der Waals surface area (Å²) in [6.07, 6.45) is 0. The Bertz CT molecular complexity index is 63.9. The molecule has 0 atom stereocenters. The standard InChI is InChI=1S/C2H4N2S2/c5-2-4-3-1-6-2/h3H,1H2,(H,4,5). The molecule has 0 spiro atoms. The third-order valence-corrected chi connectivity index (χ3v) is 1.57. The van der Waals surface area contributed by atoms with Crippen LogP contribution < -0.4 is 10.9 Å². The molecule has 1 saturated heterocycles. The molecule has 1 fully saturated rings. The van der Waals surface area contributed by atoms with E-state index in [1.807, 2.05) is 0 Å². The number of nitrogens with one attached hydrogen (secondary N) is 2. The van der Waals surface area contributed by atoms with Crippen molar-refractivity contribution in [3.63, 3.8) is 0 Å². The summed E-state index contributed by atoms with van der Waals surface area (Å²) in [5.74, 6) is 0.902. The molecule has 1 aliphatic heterocycles. The molecule has 0 amide bonds. The van der Waals surface area contributed by atoms with Gasteiger partial charge in [0.25, 0.3) is 0 Å². The highest BCUT2D eigenvalue weighted by Gasteiger charge is 2.00. The fourth-order valence-electron chi connectivity index (χ4n) is 0.246. The second-order valence-electron chi connectivity index (χ2n) is 0.878. The Hall–Kier alpha value is 0.200. The van der Waals surface area contributed by atoms with Gasteiger partial charge in [0.15, 0.2) is 0 Å². The number of hydrazine groups is 1. The summed E-state index contributed by atoms with van der Waals surface area (Å²) in [5.41, 5.74) is 5.61. The van der Waals surface area contributed by atoms with Crippen LogP contribution in [-0.2, 0) is 0 Å². The largest absolute Gasteiger partial charge is 0.306 e. The highest BCUT2D eigenvalue weighted by atomic mass is 32.2. The van der Waals surface area contributed by atoms with Crippen molar-refractivity contribution in [2.45, 2.75) is 0 Å². The smallest absolute Gasteiger partial charge is 0.149 e. The van der Waals surface area contributed by atoms with Crippen molar-refractivity contribution in [3.05, 3.63) is 0 Å². The van der Waals surface area contributed by atoms with E-state index < -0.39 is 0 Å². The second kappa shape index (κ2) is 1.77. The van der Waals surface area contributed by atoms with Crippen molar-refractivity contribution in [2.75, 3.05) is 5.88 Å². The van der Waals surface area contributed by atoms with Crippen molar-refractivity contribution in [2.24, 2.45) is 0 Å². The van der Waals surface area contributed by atoms with E-state index in [9.17, 15) is 0 Å². The predicted octanol–water partition coefficient (Wildman–Crippen LogP) is 0.0698. The molecule has 4 heteroatoms. The summed E-state index contributed by atoms with van der Waals surface area (Å²) in [5, 5.41) is 0. The van der Waals surface area contributed by atoms with E-state index in [2.05, 4.69) is 10.9 Å². The molecule has 0 aromatic rings. The van der Waals surface area contributed by atoms with E-state index in [0.717, 1.165) is 10.2 Å². The Morgan fingerprint density at radius 3 is 2.83 bits per heavy atom. The first-order chi connectivity index (χ1) is 2.89. The predicted molar refractivity (Wildman–Crippen MR) is 31.3 cm³/mol. The minimum absolute atomic E-state index is 0.843. The molecular formula is C2H4N2S2. The molecule has 0 bridgehead atoms. The number of thioether (sulfide) groups is 1. The van der Waals surface area contributed by atoms with Gasteiger partial charge < -0.3 is 5.43 Å². The van der Waals surface area contributed by atoms with Crippen molar-refractivity contribution in [1.82, 2.24) is 10.9 Å². The zero-order valence-electron chi connectivity index (χ0n) is 3.02. The SMILES string of the molecule is S=C1NNCS1. The zero-order chi connectivity index (χ0) is 4.41. The summed E-state index contributed by atoms with van der Waals surface area (Å²) >= 11 is 6.31. The van der Waals surface area contributed by atoms with Crippen LogP contribution >= 0.6 is 24.0 Å². The highest BCUT2D eigenvalue weighted by Crippen LogP contribution is 2.01. The maximum absolute atomic E-state index is 4.71. The van der Waals surface area contributed by atoms with Gasteiger partial charge in [0.2, 0.25) is 0 Å². The first-order valence-corrected chi connectivity index (χ1v) is 2.94. The van der Waals surface area contributed by atoms with Crippen LogP contribution in [-0.4, -0.2) is 10.2 Å². The number of hydrogen-bond donors (Lipinski definition) is 2. The minimum atomic E-state index is 0.843. The number of rotatable bonds is 0. The molecule has 0 aromatic carbocycles. The van der Waals surface area contributed by atoms with E-state index in [-0.39, 0.29) is 0 Å². The van der Waals surface area contributed by atoms with E-state index >= 15 is 0 Å². The molecule has 1 aliphatic rings. The lowest BCUT2D eigenvalue weighted by atomic mass is 11.4. The maximum atomic E-state index is 4.71. The van der Waals surface area contributed by atoms with Crippen molar-refractivity contribution < 1.29 is 0 Å². The average Bonchev–Trinajstić information content (AvgIpc) is 1.86. The normalized spacial score (nSPS) is 21.0. The van der Waals surface area contributed by atoms with Crippen LogP contribution in [0, 0.1) is 0 Å². The Labute approximate surface area is 45.7 Å². The van der Waals surface area contributed by atoms with Gasteiger partial charge >= 0.3 is 0 Å². The van der Waals surface area contributed by atoms with Gasteiger partial charge in [-0.15, -0.1) is 0 Å². The highest BCUT2D eigenvalue weighted by molar-refractivity contribution is 8.23. The molecule has 1 rings (SSSR count). The summed E-state index contributed by atoms with van der Waals surface area (Å²) in [6.45, 7) is 0. The van der Waals surface area contributed by atoms with Gasteiger partial charge in [-0.3, -0.25) is 0 Å². The van der Waals surface area contributed by atoms with Crippen LogP contribution in [0.25, 0.3) is 0 Å². The summed E-state index contributed by atoms with van der Waals surface area (Å²) < 4.78 is 0.843. The molecule has 2 N–H and O–H groups in total. The van der Waals surface area contributed by atoms with Gasteiger partial charge in [-0.25, -0.2) is 5.43 Å². The first-order valence-electron chi connectivity index (χ1n) is 1.55. The molecule has 2 nitrogen and oxygen atoms in total. The van der Waals surface area contributed by atoms with E-state index in [1.165, 1.54) is 0 Å². The van der Waals surface area contributed by atoms with Crippen molar-refractivity contribution in [1.29, 1.82) is 0 Å². The van der Waals surface area contributed by atoms with Crippen LogP contribution in [0.2, 0.25) is 0 Å².